The average Bonchev–Trinajstić information content (AvgIpc) is 2.40. The summed E-state index contributed by atoms with van der Waals surface area (Å²) in [5, 5.41) is 0. The van der Waals surface area contributed by atoms with E-state index in [-0.39, 0.29) is 9.79 Å². The van der Waals surface area contributed by atoms with Crippen molar-refractivity contribution < 1.29 is 8.42 Å². The summed E-state index contributed by atoms with van der Waals surface area (Å²) in [6.07, 6.45) is 0. The average molecular weight is 564 g/mol. The van der Waals surface area contributed by atoms with Gasteiger partial charge < -0.3 is 11.5 Å². The van der Waals surface area contributed by atoms with Crippen LogP contribution in [0.4, 0.5) is 11.4 Å². The highest BCUT2D eigenvalue weighted by Crippen LogP contribution is 2.36. The number of halogens is 4. The lowest BCUT2D eigenvalue weighted by Crippen LogP contribution is -2.04. The lowest BCUT2D eigenvalue weighted by molar-refractivity contribution is 0.596. The zero-order valence-electron chi connectivity index (χ0n) is 10.2. The van der Waals surface area contributed by atoms with Gasteiger partial charge in [-0.1, -0.05) is 0 Å². The second kappa shape index (κ2) is 6.19. The van der Waals surface area contributed by atoms with Gasteiger partial charge in [-0.2, -0.15) is 0 Å². The molecule has 0 unspecified atom stereocenters. The molecule has 4 nitrogen and oxygen atoms in total. The van der Waals surface area contributed by atoms with Crippen LogP contribution in [0.3, 0.4) is 0 Å². The summed E-state index contributed by atoms with van der Waals surface area (Å²) in [5.41, 5.74) is 12.4. The first kappa shape index (κ1) is 17.3. The van der Waals surface area contributed by atoms with Crippen molar-refractivity contribution in [1.82, 2.24) is 0 Å². The molecule has 0 saturated carbocycles. The van der Waals surface area contributed by atoms with Crippen LogP contribution >= 0.6 is 63.7 Å². The molecule has 0 atom stereocenters. The van der Waals surface area contributed by atoms with Crippen molar-refractivity contribution in [3.8, 4) is 0 Å². The molecule has 0 aliphatic carbocycles. The highest BCUT2D eigenvalue weighted by molar-refractivity contribution is 9.11. The van der Waals surface area contributed by atoms with Crippen LogP contribution in [0.15, 0.2) is 51.9 Å². The Kier molecular flexibility index (Phi) is 5.09. The van der Waals surface area contributed by atoms with E-state index in [2.05, 4.69) is 63.7 Å². The topological polar surface area (TPSA) is 86.2 Å². The van der Waals surface area contributed by atoms with Crippen molar-refractivity contribution in [3.63, 3.8) is 0 Å². The first-order valence-electron chi connectivity index (χ1n) is 5.38. The van der Waals surface area contributed by atoms with Crippen molar-refractivity contribution in [3.05, 3.63) is 42.2 Å². The van der Waals surface area contributed by atoms with Crippen molar-refractivity contribution in [1.29, 1.82) is 0 Å². The molecule has 0 radical (unpaired) electrons. The maximum Gasteiger partial charge on any atom is 0.206 e. The molecule has 9 heteroatoms. The zero-order chi connectivity index (χ0) is 15.9. The number of hydrogen-bond acceptors (Lipinski definition) is 4. The van der Waals surface area contributed by atoms with Gasteiger partial charge in [0.05, 0.1) is 21.2 Å². The van der Waals surface area contributed by atoms with Gasteiger partial charge in [0.2, 0.25) is 9.84 Å². The molecule has 0 aliphatic heterocycles. The minimum Gasteiger partial charge on any atom is -0.397 e. The Hall–Kier alpha value is -0.0900. The van der Waals surface area contributed by atoms with Crippen LogP contribution in [-0.2, 0) is 9.84 Å². The Labute approximate surface area is 155 Å². The summed E-state index contributed by atoms with van der Waals surface area (Å²) in [4.78, 5) is 0.248. The van der Waals surface area contributed by atoms with E-state index in [0.717, 1.165) is 0 Å². The van der Waals surface area contributed by atoms with Gasteiger partial charge in [-0.3, -0.25) is 0 Å². The van der Waals surface area contributed by atoms with Gasteiger partial charge in [-0.25, -0.2) is 8.42 Å². The SMILES string of the molecule is Nc1c(Br)cc(S(=O)(=O)c2cc(Br)c(N)c(Br)c2)cc1Br. The molecule has 2 aromatic rings. The van der Waals surface area contributed by atoms with E-state index in [1.807, 2.05) is 0 Å². The number of hydrogen-bond donors (Lipinski definition) is 2. The first-order valence-corrected chi connectivity index (χ1v) is 10.0. The van der Waals surface area contributed by atoms with Crippen LogP contribution in [0.25, 0.3) is 0 Å². The smallest absolute Gasteiger partial charge is 0.206 e. The molecule has 21 heavy (non-hydrogen) atoms. The van der Waals surface area contributed by atoms with Gasteiger partial charge in [0, 0.05) is 17.9 Å². The highest BCUT2D eigenvalue weighted by atomic mass is 79.9. The Morgan fingerprint density at radius 2 is 0.905 bits per heavy atom. The normalized spacial score (nSPS) is 11.6. The van der Waals surface area contributed by atoms with Crippen LogP contribution in [0.5, 0.6) is 0 Å². The van der Waals surface area contributed by atoms with Gasteiger partial charge >= 0.3 is 0 Å². The van der Waals surface area contributed by atoms with Crippen molar-refractivity contribution in [2.75, 3.05) is 11.5 Å². The number of rotatable bonds is 2. The fourth-order valence-electron chi connectivity index (χ4n) is 1.57. The van der Waals surface area contributed by atoms with E-state index in [1.54, 1.807) is 0 Å². The fraction of sp³-hybridized carbons (Fsp3) is 0. The molecular formula is C12H8Br4N2O2S. The molecular weight excluding hydrogens is 556 g/mol. The molecule has 0 spiro atoms. The molecule has 2 aromatic carbocycles. The number of benzene rings is 2. The summed E-state index contributed by atoms with van der Waals surface area (Å²) < 4.78 is 27.4. The van der Waals surface area contributed by atoms with Crippen LogP contribution in [0, 0.1) is 0 Å². The lowest BCUT2D eigenvalue weighted by atomic mass is 10.3. The zero-order valence-corrected chi connectivity index (χ0v) is 17.4. The largest absolute Gasteiger partial charge is 0.397 e. The summed E-state index contributed by atoms with van der Waals surface area (Å²) in [5.74, 6) is 0. The summed E-state index contributed by atoms with van der Waals surface area (Å²) >= 11 is 13.0. The second-order valence-electron chi connectivity index (χ2n) is 4.10. The van der Waals surface area contributed by atoms with Crippen LogP contribution in [0.2, 0.25) is 0 Å². The van der Waals surface area contributed by atoms with Crippen molar-refractivity contribution in [2.24, 2.45) is 0 Å². The third kappa shape index (κ3) is 3.31. The van der Waals surface area contributed by atoms with E-state index in [9.17, 15) is 8.42 Å². The second-order valence-corrected chi connectivity index (χ2v) is 9.47. The Bertz CT molecular complexity index is 728. The predicted molar refractivity (Wildman–Crippen MR) is 98.0 cm³/mol. The summed E-state index contributed by atoms with van der Waals surface area (Å²) in [6, 6.07) is 5.86. The third-order valence-corrected chi connectivity index (χ3v) is 7.06. The summed E-state index contributed by atoms with van der Waals surface area (Å²) in [7, 11) is -3.69. The van der Waals surface area contributed by atoms with Gasteiger partial charge in [-0.15, -0.1) is 0 Å². The van der Waals surface area contributed by atoms with E-state index in [0.29, 0.717) is 29.3 Å². The number of nitrogen functional groups attached to an aromatic ring is 2. The monoisotopic (exact) mass is 560 g/mol. The van der Waals surface area contributed by atoms with E-state index in [1.165, 1.54) is 24.3 Å². The quantitative estimate of drug-likeness (QED) is 0.517. The minimum atomic E-state index is -3.69. The van der Waals surface area contributed by atoms with Gasteiger partial charge in [0.25, 0.3) is 0 Å². The van der Waals surface area contributed by atoms with Gasteiger partial charge in [0.1, 0.15) is 0 Å². The Balaban J connectivity index is 2.68. The Morgan fingerprint density at radius 3 is 1.14 bits per heavy atom. The standard InChI is InChI=1S/C12H8Br4N2O2S/c13-7-1-5(2-8(14)11(7)17)21(19,20)6-3-9(15)12(18)10(16)4-6/h1-4H,17-18H2. The lowest BCUT2D eigenvalue weighted by Gasteiger charge is -2.10. The van der Waals surface area contributed by atoms with Crippen LogP contribution in [-0.4, -0.2) is 8.42 Å². The molecule has 0 amide bonds. The maximum atomic E-state index is 12.7. The van der Waals surface area contributed by atoms with Crippen molar-refractivity contribution >= 4 is 84.9 Å². The molecule has 4 N–H and O–H groups in total. The molecule has 0 heterocycles. The Morgan fingerprint density at radius 1 is 0.667 bits per heavy atom. The highest BCUT2D eigenvalue weighted by Gasteiger charge is 2.22. The number of nitrogens with two attached hydrogens (primary N) is 2. The van der Waals surface area contributed by atoms with E-state index >= 15 is 0 Å². The molecule has 2 rings (SSSR count). The van der Waals surface area contributed by atoms with Gasteiger partial charge in [-0.05, 0) is 88.0 Å². The molecule has 0 bridgehead atoms. The third-order valence-electron chi connectivity index (χ3n) is 2.73. The number of anilines is 2. The van der Waals surface area contributed by atoms with E-state index < -0.39 is 9.84 Å². The van der Waals surface area contributed by atoms with Gasteiger partial charge in [0.15, 0.2) is 0 Å². The maximum absolute atomic E-state index is 12.7. The van der Waals surface area contributed by atoms with E-state index in [4.69, 9.17) is 11.5 Å². The molecule has 0 fully saturated rings. The fourth-order valence-corrected chi connectivity index (χ4v) is 5.91. The minimum absolute atomic E-state index is 0.124. The predicted octanol–water partition coefficient (Wildman–Crippen LogP) is 4.73. The molecule has 0 aromatic heterocycles. The van der Waals surface area contributed by atoms with Crippen LogP contribution < -0.4 is 11.5 Å². The molecule has 112 valence electrons. The first-order chi connectivity index (χ1) is 9.64. The van der Waals surface area contributed by atoms with Crippen LogP contribution in [0.1, 0.15) is 0 Å². The van der Waals surface area contributed by atoms with Crippen molar-refractivity contribution in [2.45, 2.75) is 9.79 Å². The molecule has 0 aliphatic rings. The number of sulfone groups is 1. The molecule has 0 saturated heterocycles. The summed E-state index contributed by atoms with van der Waals surface area (Å²) in [6.45, 7) is 0.